The molecule has 1 aliphatic rings. The van der Waals surface area contributed by atoms with E-state index in [1.54, 1.807) is 15.0 Å². The van der Waals surface area contributed by atoms with Crippen LogP contribution in [0.5, 0.6) is 0 Å². The van der Waals surface area contributed by atoms with Gasteiger partial charge in [0.05, 0.1) is 0 Å². The second-order valence-electron chi connectivity index (χ2n) is 7.07. The Bertz CT molecular complexity index is 380. The SMILES string of the molecule is CC1=C(C)C(C)[C]([Ti]([CH3])([CH3])[NH]C(C)(C)C)=C1C. The Hall–Kier alpha value is 0.154. The average Bonchev–Trinajstić information content (AvgIpc) is 2.27. The van der Waals surface area contributed by atoms with Crippen LogP contribution in [0.15, 0.2) is 20.6 Å². The van der Waals surface area contributed by atoms with Crippen molar-refractivity contribution in [3.63, 3.8) is 0 Å². The van der Waals surface area contributed by atoms with E-state index in [2.05, 4.69) is 62.7 Å². The van der Waals surface area contributed by atoms with E-state index < -0.39 is 16.8 Å². The third-order valence-electron chi connectivity index (χ3n) is 4.00. The summed E-state index contributed by atoms with van der Waals surface area (Å²) in [7, 11) is 0. The molecule has 1 rings (SSSR count). The molecule has 0 amide bonds. The monoisotopic (exact) mass is 271 g/mol. The molecule has 0 aliphatic heterocycles. The van der Waals surface area contributed by atoms with Gasteiger partial charge in [0.1, 0.15) is 0 Å². The van der Waals surface area contributed by atoms with Crippen LogP contribution < -0.4 is 3.80 Å². The molecule has 1 aliphatic carbocycles. The van der Waals surface area contributed by atoms with E-state index in [0.717, 1.165) is 0 Å². The van der Waals surface area contributed by atoms with E-state index in [4.69, 9.17) is 0 Å². The van der Waals surface area contributed by atoms with Gasteiger partial charge in [-0.05, 0) is 0 Å². The molecule has 0 radical (unpaired) electrons. The Labute approximate surface area is 111 Å². The van der Waals surface area contributed by atoms with E-state index in [-0.39, 0.29) is 5.54 Å². The maximum atomic E-state index is 3.94. The number of hydrogen-bond donors (Lipinski definition) is 1. The molecule has 0 fully saturated rings. The van der Waals surface area contributed by atoms with Crippen molar-refractivity contribution in [2.75, 3.05) is 0 Å². The molecule has 0 aromatic heterocycles. The predicted molar refractivity (Wildman–Crippen MR) is 74.9 cm³/mol. The van der Waals surface area contributed by atoms with Crippen LogP contribution in [-0.2, 0) is 16.8 Å². The first-order valence-corrected chi connectivity index (χ1v) is 11.3. The molecule has 0 saturated carbocycles. The van der Waals surface area contributed by atoms with Gasteiger partial charge in [-0.3, -0.25) is 0 Å². The van der Waals surface area contributed by atoms with Crippen LogP contribution in [0.25, 0.3) is 0 Å². The summed E-state index contributed by atoms with van der Waals surface area (Å²) in [6.07, 6.45) is 0. The van der Waals surface area contributed by atoms with Gasteiger partial charge in [0, 0.05) is 0 Å². The Morgan fingerprint density at radius 3 is 1.76 bits per heavy atom. The Balaban J connectivity index is 3.11. The maximum absolute atomic E-state index is 3.94. The molecule has 1 nitrogen and oxygen atoms in total. The number of nitrogens with one attached hydrogen (secondary N) is 1. The number of allylic oxidation sites excluding steroid dienone is 4. The van der Waals surface area contributed by atoms with Gasteiger partial charge in [0.15, 0.2) is 0 Å². The fraction of sp³-hybridized carbons (Fsp3) is 0.733. The zero-order valence-electron chi connectivity index (χ0n) is 13.1. The molecule has 0 aromatic carbocycles. The quantitative estimate of drug-likeness (QED) is 0.711. The molecule has 0 spiro atoms. The summed E-state index contributed by atoms with van der Waals surface area (Å²) in [6.45, 7) is 16.1. The number of rotatable bonds is 2. The van der Waals surface area contributed by atoms with Crippen LogP contribution in [0, 0.1) is 5.92 Å². The zero-order chi connectivity index (χ0) is 13.6. The molecular weight excluding hydrogens is 242 g/mol. The molecule has 0 saturated heterocycles. The Morgan fingerprint density at radius 1 is 1.00 bits per heavy atom. The fourth-order valence-electron chi connectivity index (χ4n) is 3.38. The first-order valence-electron chi connectivity index (χ1n) is 6.65. The van der Waals surface area contributed by atoms with E-state index in [0.29, 0.717) is 5.92 Å². The molecule has 1 unspecified atom stereocenters. The van der Waals surface area contributed by atoms with E-state index >= 15 is 0 Å². The second kappa shape index (κ2) is 4.68. The molecule has 1 N–H and O–H groups in total. The van der Waals surface area contributed by atoms with Gasteiger partial charge in [0.2, 0.25) is 0 Å². The van der Waals surface area contributed by atoms with Crippen LogP contribution in [-0.4, -0.2) is 5.54 Å². The Kier molecular flexibility index (Phi) is 4.19. The standard InChI is InChI=1S/C9H13.C4H10N.2CH3.Ti/c1-6-5-7(2)9(4)8(6)3;1-4(2,3)5;;;/h6H,1-4H3;5H,1-3H3;2*1H3;/q;-1;;;+1. The molecule has 2 heteroatoms. The van der Waals surface area contributed by atoms with E-state index in [9.17, 15) is 0 Å². The molecular formula is C15H29NTi. The first kappa shape index (κ1) is 15.2. The van der Waals surface area contributed by atoms with Crippen molar-refractivity contribution in [3.8, 4) is 0 Å². The van der Waals surface area contributed by atoms with E-state index in [1.165, 1.54) is 5.57 Å². The van der Waals surface area contributed by atoms with Gasteiger partial charge in [0.25, 0.3) is 0 Å². The van der Waals surface area contributed by atoms with Gasteiger partial charge in [-0.1, -0.05) is 0 Å². The van der Waals surface area contributed by atoms with E-state index in [1.807, 2.05) is 0 Å². The predicted octanol–water partition coefficient (Wildman–Crippen LogP) is 4.80. The summed E-state index contributed by atoms with van der Waals surface area (Å²) in [5, 5.41) is 4.99. The van der Waals surface area contributed by atoms with Crippen LogP contribution >= 0.6 is 0 Å². The van der Waals surface area contributed by atoms with Crippen molar-refractivity contribution >= 4 is 0 Å². The third-order valence-corrected chi connectivity index (χ3v) is 9.51. The summed E-state index contributed by atoms with van der Waals surface area (Å²) in [5.41, 5.74) is 4.89. The van der Waals surface area contributed by atoms with Crippen LogP contribution in [0.1, 0.15) is 48.5 Å². The average molecular weight is 271 g/mol. The van der Waals surface area contributed by atoms with Gasteiger partial charge in [-0.15, -0.1) is 0 Å². The normalized spacial score (nSPS) is 22.8. The van der Waals surface area contributed by atoms with Crippen LogP contribution in [0.4, 0.5) is 0 Å². The van der Waals surface area contributed by atoms with Crippen molar-refractivity contribution in [3.05, 3.63) is 20.6 Å². The summed E-state index contributed by atoms with van der Waals surface area (Å²) >= 11 is -2.08. The fourth-order valence-corrected chi connectivity index (χ4v) is 10.3. The van der Waals surface area contributed by atoms with Crippen LogP contribution in [0.2, 0.25) is 10.5 Å². The van der Waals surface area contributed by atoms with Crippen molar-refractivity contribution < 1.29 is 16.8 Å². The first-order chi connectivity index (χ1) is 7.47. The summed E-state index contributed by atoms with van der Waals surface area (Å²) in [4.78, 5) is 0. The molecule has 17 heavy (non-hydrogen) atoms. The molecule has 0 heterocycles. The summed E-state index contributed by atoms with van der Waals surface area (Å²) in [6, 6.07) is 0. The molecule has 0 aromatic rings. The molecule has 1 atom stereocenters. The number of hydrogen-bond acceptors (Lipinski definition) is 1. The van der Waals surface area contributed by atoms with Crippen LogP contribution in [0.3, 0.4) is 0 Å². The van der Waals surface area contributed by atoms with Gasteiger partial charge >= 0.3 is 112 Å². The minimum atomic E-state index is -2.08. The molecule has 98 valence electrons. The summed E-state index contributed by atoms with van der Waals surface area (Å²) in [5.74, 6) is 0.653. The van der Waals surface area contributed by atoms with Crippen molar-refractivity contribution in [2.45, 2.75) is 64.5 Å². The summed E-state index contributed by atoms with van der Waals surface area (Å²) < 4.78 is 5.69. The van der Waals surface area contributed by atoms with Gasteiger partial charge in [-0.2, -0.15) is 0 Å². The Morgan fingerprint density at radius 2 is 1.47 bits per heavy atom. The van der Waals surface area contributed by atoms with Crippen molar-refractivity contribution in [1.29, 1.82) is 0 Å². The minimum absolute atomic E-state index is 0.223. The molecule has 0 bridgehead atoms. The van der Waals surface area contributed by atoms with Crippen molar-refractivity contribution in [1.82, 2.24) is 3.80 Å². The zero-order valence-corrected chi connectivity index (χ0v) is 14.6. The third kappa shape index (κ3) is 3.13. The second-order valence-corrected chi connectivity index (χ2v) is 13.4. The topological polar surface area (TPSA) is 12.0 Å². The van der Waals surface area contributed by atoms with Gasteiger partial charge in [-0.25, -0.2) is 0 Å². The van der Waals surface area contributed by atoms with Gasteiger partial charge < -0.3 is 0 Å². The van der Waals surface area contributed by atoms with Crippen molar-refractivity contribution in [2.24, 2.45) is 5.92 Å².